The first kappa shape index (κ1) is 18.7. The second-order valence-electron chi connectivity index (χ2n) is 7.90. The van der Waals surface area contributed by atoms with Crippen LogP contribution in [0.5, 0.6) is 0 Å². The van der Waals surface area contributed by atoms with Crippen molar-refractivity contribution in [2.24, 2.45) is 0 Å². The highest BCUT2D eigenvalue weighted by Crippen LogP contribution is 2.35. The number of benzene rings is 3. The minimum absolute atomic E-state index is 0.183. The van der Waals surface area contributed by atoms with Gasteiger partial charge in [0.05, 0.1) is 5.57 Å². The normalized spacial score (nSPS) is 13.2. The number of hydrogen-bond donors (Lipinski definition) is 0. The Morgan fingerprint density at radius 3 is 1.87 bits per heavy atom. The lowest BCUT2D eigenvalue weighted by Gasteiger charge is -2.07. The zero-order chi connectivity index (χ0) is 21.0. The molecule has 2 nitrogen and oxygen atoms in total. The summed E-state index contributed by atoms with van der Waals surface area (Å²) in [6.45, 7) is 6.38. The molecule has 1 aliphatic rings. The predicted octanol–water partition coefficient (Wildman–Crippen LogP) is 6.96. The summed E-state index contributed by atoms with van der Waals surface area (Å²) in [6, 6.07) is 19.9. The van der Waals surface area contributed by atoms with Crippen LogP contribution in [0, 0.1) is 20.8 Å². The number of allylic oxidation sites excluding steroid dienone is 1. The molecule has 0 bridgehead atoms. The van der Waals surface area contributed by atoms with Crippen molar-refractivity contribution in [2.45, 2.75) is 20.8 Å². The molecule has 1 heterocycles. The molecule has 0 N–H and O–H groups in total. The van der Waals surface area contributed by atoms with Crippen molar-refractivity contribution in [3.63, 3.8) is 0 Å². The maximum atomic E-state index is 13.0. The lowest BCUT2D eigenvalue weighted by molar-refractivity contribution is 0.0990. The van der Waals surface area contributed by atoms with Crippen molar-refractivity contribution in [3.05, 3.63) is 98.9 Å². The number of carbonyl (C=O) groups is 2. The van der Waals surface area contributed by atoms with Crippen LogP contribution >= 0.6 is 11.3 Å². The maximum absolute atomic E-state index is 13.0. The van der Waals surface area contributed by atoms with Crippen molar-refractivity contribution in [3.8, 4) is 10.4 Å². The van der Waals surface area contributed by atoms with Crippen LogP contribution < -0.4 is 0 Å². The van der Waals surface area contributed by atoms with E-state index in [1.807, 2.05) is 42.5 Å². The molecular formula is C27H20O2S. The molecule has 0 aliphatic heterocycles. The Balaban J connectivity index is 1.54. The van der Waals surface area contributed by atoms with Crippen molar-refractivity contribution in [1.82, 2.24) is 0 Å². The Morgan fingerprint density at radius 1 is 0.733 bits per heavy atom. The van der Waals surface area contributed by atoms with Gasteiger partial charge in [0.15, 0.2) is 11.6 Å². The van der Waals surface area contributed by atoms with Gasteiger partial charge in [-0.15, -0.1) is 11.3 Å². The van der Waals surface area contributed by atoms with Crippen LogP contribution in [0.2, 0.25) is 0 Å². The van der Waals surface area contributed by atoms with E-state index in [0.29, 0.717) is 11.1 Å². The second-order valence-corrected chi connectivity index (χ2v) is 9.01. The third-order valence-electron chi connectivity index (χ3n) is 5.99. The van der Waals surface area contributed by atoms with E-state index in [-0.39, 0.29) is 17.1 Å². The van der Waals surface area contributed by atoms with Gasteiger partial charge in [-0.3, -0.25) is 9.59 Å². The molecular weight excluding hydrogens is 388 g/mol. The van der Waals surface area contributed by atoms with Gasteiger partial charge < -0.3 is 0 Å². The highest BCUT2D eigenvalue weighted by Gasteiger charge is 2.33. The lowest BCUT2D eigenvalue weighted by atomic mass is 10.00. The molecule has 5 rings (SSSR count). The van der Waals surface area contributed by atoms with Crippen LogP contribution in [0.1, 0.15) is 42.3 Å². The van der Waals surface area contributed by atoms with Crippen LogP contribution in [0.25, 0.3) is 27.3 Å². The minimum atomic E-state index is -0.183. The number of thiophene rings is 1. The molecule has 0 unspecified atom stereocenters. The standard InChI is InChI=1S/C27H20O2S/c1-15-10-20(11-16(2)17(15)3)25-9-8-21(30-25)14-24-26(28)22-12-18-6-4-5-7-19(18)13-23(22)27(24)29/h4-14H,1-3H3. The summed E-state index contributed by atoms with van der Waals surface area (Å²) < 4.78 is 0. The molecule has 0 fully saturated rings. The quantitative estimate of drug-likeness (QED) is 0.265. The fourth-order valence-electron chi connectivity index (χ4n) is 4.05. The largest absolute Gasteiger partial charge is 0.288 e. The molecule has 0 saturated heterocycles. The highest BCUT2D eigenvalue weighted by molar-refractivity contribution is 7.16. The van der Waals surface area contributed by atoms with Gasteiger partial charge in [0.25, 0.3) is 0 Å². The molecule has 30 heavy (non-hydrogen) atoms. The van der Waals surface area contributed by atoms with E-state index in [1.165, 1.54) is 22.3 Å². The zero-order valence-corrected chi connectivity index (χ0v) is 17.9. The Kier molecular flexibility index (Phi) is 4.30. The SMILES string of the molecule is Cc1cc(-c2ccc(C=C3C(=O)c4cc5ccccc5cc4C3=O)s2)cc(C)c1C. The molecule has 4 aromatic rings. The van der Waals surface area contributed by atoms with E-state index in [0.717, 1.165) is 20.5 Å². The van der Waals surface area contributed by atoms with Crippen LogP contribution in [0.3, 0.4) is 0 Å². The predicted molar refractivity (Wildman–Crippen MR) is 125 cm³/mol. The number of hydrogen-bond acceptors (Lipinski definition) is 3. The first-order valence-corrected chi connectivity index (χ1v) is 10.8. The van der Waals surface area contributed by atoms with Gasteiger partial charge >= 0.3 is 0 Å². The molecule has 0 spiro atoms. The van der Waals surface area contributed by atoms with Crippen molar-refractivity contribution >= 4 is 39.8 Å². The smallest absolute Gasteiger partial charge is 0.197 e. The summed E-state index contributed by atoms with van der Waals surface area (Å²) >= 11 is 1.60. The van der Waals surface area contributed by atoms with E-state index in [2.05, 4.69) is 39.0 Å². The van der Waals surface area contributed by atoms with E-state index >= 15 is 0 Å². The van der Waals surface area contributed by atoms with Gasteiger partial charge in [0, 0.05) is 20.9 Å². The Labute approximate surface area is 179 Å². The van der Waals surface area contributed by atoms with Gasteiger partial charge in [-0.2, -0.15) is 0 Å². The number of Topliss-reactive ketones (excluding diaryl/α,β-unsaturated/α-hetero) is 2. The third-order valence-corrected chi connectivity index (χ3v) is 7.07. The molecule has 1 aromatic heterocycles. The summed E-state index contributed by atoms with van der Waals surface area (Å²) in [4.78, 5) is 28.0. The Bertz CT molecular complexity index is 1320. The fraction of sp³-hybridized carbons (Fsp3) is 0.111. The summed E-state index contributed by atoms with van der Waals surface area (Å²) in [6.07, 6.45) is 1.75. The third kappa shape index (κ3) is 2.94. The summed E-state index contributed by atoms with van der Waals surface area (Å²) in [5.41, 5.74) is 6.28. The molecule has 3 heteroatoms. The molecule has 0 atom stereocenters. The number of ketones is 2. The van der Waals surface area contributed by atoms with Gasteiger partial charge in [-0.25, -0.2) is 0 Å². The minimum Gasteiger partial charge on any atom is -0.288 e. The van der Waals surface area contributed by atoms with Crippen molar-refractivity contribution in [2.75, 3.05) is 0 Å². The fourth-order valence-corrected chi connectivity index (χ4v) is 4.98. The first-order valence-electron chi connectivity index (χ1n) is 9.94. The summed E-state index contributed by atoms with van der Waals surface area (Å²) in [5.74, 6) is -0.365. The molecule has 3 aromatic carbocycles. The number of rotatable bonds is 2. The molecule has 0 radical (unpaired) electrons. The van der Waals surface area contributed by atoms with Crippen LogP contribution in [0.15, 0.2) is 66.2 Å². The second kappa shape index (κ2) is 6.89. The van der Waals surface area contributed by atoms with Gasteiger partial charge in [0.1, 0.15) is 0 Å². The van der Waals surface area contributed by atoms with Crippen LogP contribution in [-0.2, 0) is 0 Å². The topological polar surface area (TPSA) is 34.1 Å². The van der Waals surface area contributed by atoms with Crippen molar-refractivity contribution in [1.29, 1.82) is 0 Å². The maximum Gasteiger partial charge on any atom is 0.197 e. The zero-order valence-electron chi connectivity index (χ0n) is 17.1. The summed E-state index contributed by atoms with van der Waals surface area (Å²) in [5, 5.41) is 1.95. The monoisotopic (exact) mass is 408 g/mol. The van der Waals surface area contributed by atoms with E-state index < -0.39 is 0 Å². The van der Waals surface area contributed by atoms with Crippen molar-refractivity contribution < 1.29 is 9.59 Å². The van der Waals surface area contributed by atoms with Gasteiger partial charge in [-0.05, 0) is 84.1 Å². The average Bonchev–Trinajstić information content (AvgIpc) is 3.30. The molecule has 0 amide bonds. The highest BCUT2D eigenvalue weighted by atomic mass is 32.1. The number of carbonyl (C=O) groups excluding carboxylic acids is 2. The van der Waals surface area contributed by atoms with Crippen LogP contribution in [0.4, 0.5) is 0 Å². The van der Waals surface area contributed by atoms with Crippen LogP contribution in [-0.4, -0.2) is 11.6 Å². The number of fused-ring (bicyclic) bond motifs is 2. The van der Waals surface area contributed by atoms with Gasteiger partial charge in [-0.1, -0.05) is 36.4 Å². The Morgan fingerprint density at radius 2 is 1.30 bits per heavy atom. The Hall–Kier alpha value is -3.30. The molecule has 146 valence electrons. The van der Waals surface area contributed by atoms with E-state index in [9.17, 15) is 9.59 Å². The number of aryl methyl sites for hydroxylation is 2. The lowest BCUT2D eigenvalue weighted by Crippen LogP contribution is -1.99. The molecule has 1 aliphatic carbocycles. The first-order chi connectivity index (χ1) is 14.4. The molecule has 0 saturated carbocycles. The average molecular weight is 409 g/mol. The van der Waals surface area contributed by atoms with Gasteiger partial charge in [0.2, 0.25) is 0 Å². The summed E-state index contributed by atoms with van der Waals surface area (Å²) in [7, 11) is 0. The van der Waals surface area contributed by atoms with E-state index in [1.54, 1.807) is 17.4 Å². The van der Waals surface area contributed by atoms with E-state index in [4.69, 9.17) is 0 Å².